The van der Waals surface area contributed by atoms with Crippen molar-refractivity contribution in [2.24, 2.45) is 0 Å². The Morgan fingerprint density at radius 3 is 2.34 bits per heavy atom. The number of carbonyl (C=O) groups is 1. The van der Waals surface area contributed by atoms with Crippen LogP contribution < -0.4 is 15.4 Å². The number of anilines is 2. The van der Waals surface area contributed by atoms with E-state index in [0.29, 0.717) is 12.8 Å². The van der Waals surface area contributed by atoms with Crippen molar-refractivity contribution >= 4 is 28.4 Å². The number of rotatable bonds is 4. The van der Waals surface area contributed by atoms with Crippen molar-refractivity contribution in [1.29, 1.82) is 0 Å². The van der Waals surface area contributed by atoms with Gasteiger partial charge in [-0.15, -0.1) is 0 Å². The lowest BCUT2D eigenvalue weighted by molar-refractivity contribution is 0.0576. The largest absolute Gasteiger partial charge is 0.450 e. The third-order valence-corrected chi connectivity index (χ3v) is 4.76. The predicted octanol–water partition coefficient (Wildman–Crippen LogP) is 5.93. The second kappa shape index (κ2) is 7.89. The average Bonchev–Trinajstić information content (AvgIpc) is 3.49. The molecular formula is C23H22F3N3O3. The summed E-state index contributed by atoms with van der Waals surface area (Å²) in [5.41, 5.74) is 4.77. The van der Waals surface area contributed by atoms with Crippen molar-refractivity contribution in [1.82, 2.24) is 4.98 Å². The van der Waals surface area contributed by atoms with Crippen LogP contribution in [0.5, 0.6) is 11.5 Å². The van der Waals surface area contributed by atoms with Crippen molar-refractivity contribution in [2.75, 3.05) is 10.6 Å². The summed E-state index contributed by atoms with van der Waals surface area (Å²) in [5, 5.41) is 0.272. The van der Waals surface area contributed by atoms with Crippen LogP contribution in [0.3, 0.4) is 0 Å². The maximum Gasteiger partial charge on any atom is 0.415 e. The number of nitrogen functional groups attached to an aromatic ring is 1. The summed E-state index contributed by atoms with van der Waals surface area (Å²) in [6.07, 6.45) is 2.06. The molecule has 1 fully saturated rings. The van der Waals surface area contributed by atoms with E-state index in [0.717, 1.165) is 18.2 Å². The Morgan fingerprint density at radius 1 is 1.09 bits per heavy atom. The van der Waals surface area contributed by atoms with Gasteiger partial charge in [0, 0.05) is 41.5 Å². The molecule has 0 spiro atoms. The zero-order valence-corrected chi connectivity index (χ0v) is 17.8. The van der Waals surface area contributed by atoms with Gasteiger partial charge in [-0.3, -0.25) is 9.88 Å². The van der Waals surface area contributed by atoms with Gasteiger partial charge in [0.05, 0.1) is 11.2 Å². The van der Waals surface area contributed by atoms with E-state index in [-0.39, 0.29) is 34.1 Å². The Labute approximate surface area is 182 Å². The van der Waals surface area contributed by atoms with Crippen molar-refractivity contribution < 1.29 is 27.4 Å². The smallest absolute Gasteiger partial charge is 0.415 e. The Morgan fingerprint density at radius 2 is 1.75 bits per heavy atom. The minimum absolute atomic E-state index is 0.0228. The molecule has 4 rings (SSSR count). The van der Waals surface area contributed by atoms with Crippen molar-refractivity contribution in [3.05, 3.63) is 54.0 Å². The first kappa shape index (κ1) is 21.7. The van der Waals surface area contributed by atoms with Crippen LogP contribution in [0.2, 0.25) is 0 Å². The summed E-state index contributed by atoms with van der Waals surface area (Å²) in [4.78, 5) is 18.2. The van der Waals surface area contributed by atoms with Gasteiger partial charge in [-0.2, -0.15) is 0 Å². The maximum absolute atomic E-state index is 15.0. The topological polar surface area (TPSA) is 77.7 Å². The Kier molecular flexibility index (Phi) is 5.36. The number of ether oxygens (including phenoxy) is 2. The van der Waals surface area contributed by atoms with Gasteiger partial charge in [-0.05, 0) is 45.7 Å². The monoisotopic (exact) mass is 445 g/mol. The second-order valence-electron chi connectivity index (χ2n) is 8.63. The number of hydrogen-bond donors (Lipinski definition) is 1. The highest BCUT2D eigenvalue weighted by molar-refractivity contribution is 5.95. The van der Waals surface area contributed by atoms with Gasteiger partial charge >= 0.3 is 6.09 Å². The molecule has 0 bridgehead atoms. The lowest BCUT2D eigenvalue weighted by Gasteiger charge is -2.28. The summed E-state index contributed by atoms with van der Waals surface area (Å²) in [7, 11) is 0. The van der Waals surface area contributed by atoms with Crippen LogP contribution in [-0.4, -0.2) is 22.7 Å². The molecule has 0 radical (unpaired) electrons. The average molecular weight is 445 g/mol. The highest BCUT2D eigenvalue weighted by Crippen LogP contribution is 2.39. The highest BCUT2D eigenvalue weighted by atomic mass is 19.1. The van der Waals surface area contributed by atoms with Gasteiger partial charge in [-0.1, -0.05) is 0 Å². The van der Waals surface area contributed by atoms with E-state index >= 15 is 4.39 Å². The van der Waals surface area contributed by atoms with Gasteiger partial charge < -0.3 is 15.2 Å². The van der Waals surface area contributed by atoms with Crippen LogP contribution in [0.15, 0.2) is 36.5 Å². The molecule has 0 atom stereocenters. The summed E-state index contributed by atoms with van der Waals surface area (Å²) in [6.45, 7) is 5.16. The molecule has 1 heterocycles. The second-order valence-corrected chi connectivity index (χ2v) is 8.63. The molecule has 1 aliphatic rings. The molecule has 1 saturated carbocycles. The number of halogens is 3. The third-order valence-electron chi connectivity index (χ3n) is 4.76. The molecule has 168 valence electrons. The quantitative estimate of drug-likeness (QED) is 0.504. The van der Waals surface area contributed by atoms with Gasteiger partial charge in [0.15, 0.2) is 17.4 Å². The standard InChI is InChI=1S/C23H22F3N3O3/c1-23(2,3)32-22(30)29(13-4-5-13)19-10-14-18(11-15(19)24)28-7-6-20(14)31-21-16(25)8-12(27)9-17(21)26/h6-11,13H,4-5,27H2,1-3H3. The Hall–Kier alpha value is -3.49. The van der Waals surface area contributed by atoms with Crippen LogP contribution >= 0.6 is 0 Å². The molecular weight excluding hydrogens is 423 g/mol. The van der Waals surface area contributed by atoms with Crippen molar-refractivity contribution in [3.8, 4) is 11.5 Å². The van der Waals surface area contributed by atoms with E-state index in [1.54, 1.807) is 20.8 Å². The number of benzene rings is 2. The van der Waals surface area contributed by atoms with Gasteiger partial charge in [0.1, 0.15) is 17.2 Å². The molecule has 1 aromatic heterocycles. The fourth-order valence-electron chi connectivity index (χ4n) is 3.28. The lowest BCUT2D eigenvalue weighted by atomic mass is 10.1. The van der Waals surface area contributed by atoms with Crippen LogP contribution in [0.4, 0.5) is 29.3 Å². The lowest BCUT2D eigenvalue weighted by Crippen LogP contribution is -2.38. The van der Waals surface area contributed by atoms with E-state index in [9.17, 15) is 13.6 Å². The summed E-state index contributed by atoms with van der Waals surface area (Å²) in [5.74, 6) is -3.25. The van der Waals surface area contributed by atoms with E-state index < -0.39 is 34.9 Å². The van der Waals surface area contributed by atoms with Gasteiger partial charge in [0.25, 0.3) is 0 Å². The first-order valence-electron chi connectivity index (χ1n) is 10.1. The molecule has 0 aliphatic heterocycles. The van der Waals surface area contributed by atoms with Crippen LogP contribution in [-0.2, 0) is 4.74 Å². The highest BCUT2D eigenvalue weighted by Gasteiger charge is 2.38. The van der Waals surface area contributed by atoms with E-state index in [1.807, 2.05) is 0 Å². The molecule has 0 saturated heterocycles. The minimum atomic E-state index is -0.983. The van der Waals surface area contributed by atoms with E-state index in [4.69, 9.17) is 15.2 Å². The number of aromatic nitrogens is 1. The van der Waals surface area contributed by atoms with Gasteiger partial charge in [-0.25, -0.2) is 18.0 Å². The van der Waals surface area contributed by atoms with E-state index in [2.05, 4.69) is 4.98 Å². The van der Waals surface area contributed by atoms with Crippen LogP contribution in [0.25, 0.3) is 10.9 Å². The van der Waals surface area contributed by atoms with Crippen molar-refractivity contribution in [3.63, 3.8) is 0 Å². The van der Waals surface area contributed by atoms with E-state index in [1.165, 1.54) is 23.2 Å². The summed E-state index contributed by atoms with van der Waals surface area (Å²) in [6, 6.07) is 5.59. The normalized spacial score (nSPS) is 13.8. The Bertz CT molecular complexity index is 1180. The number of nitrogens with two attached hydrogens (primary N) is 1. The molecule has 6 nitrogen and oxygen atoms in total. The molecule has 9 heteroatoms. The molecule has 0 unspecified atom stereocenters. The fraction of sp³-hybridized carbons (Fsp3) is 0.304. The zero-order valence-electron chi connectivity index (χ0n) is 17.8. The van der Waals surface area contributed by atoms with Crippen molar-refractivity contribution in [2.45, 2.75) is 45.3 Å². The third kappa shape index (κ3) is 4.42. The maximum atomic E-state index is 15.0. The molecule has 2 aromatic carbocycles. The molecule has 3 aromatic rings. The number of fused-ring (bicyclic) bond motifs is 1. The number of nitrogens with zero attached hydrogens (tertiary/aromatic N) is 2. The number of pyridine rings is 1. The Balaban J connectivity index is 1.79. The van der Waals surface area contributed by atoms with Crippen LogP contribution in [0, 0.1) is 17.5 Å². The molecule has 1 amide bonds. The minimum Gasteiger partial charge on any atom is -0.450 e. The molecule has 32 heavy (non-hydrogen) atoms. The number of carbonyl (C=O) groups excluding carboxylic acids is 1. The SMILES string of the molecule is CC(C)(C)OC(=O)N(c1cc2c(Oc3c(F)cc(N)cc3F)ccnc2cc1F)C1CC1. The fourth-order valence-corrected chi connectivity index (χ4v) is 3.28. The van der Waals surface area contributed by atoms with Crippen LogP contribution in [0.1, 0.15) is 33.6 Å². The zero-order chi connectivity index (χ0) is 23.2. The first-order chi connectivity index (χ1) is 15.0. The van der Waals surface area contributed by atoms with Gasteiger partial charge in [0.2, 0.25) is 0 Å². The summed E-state index contributed by atoms with van der Waals surface area (Å²) >= 11 is 0. The molecule has 2 N–H and O–H groups in total. The number of hydrogen-bond acceptors (Lipinski definition) is 5. The molecule has 1 aliphatic carbocycles. The first-order valence-corrected chi connectivity index (χ1v) is 10.1. The summed E-state index contributed by atoms with van der Waals surface area (Å²) < 4.78 is 54.5. The predicted molar refractivity (Wildman–Crippen MR) is 114 cm³/mol. The number of amides is 1.